The Bertz CT molecular complexity index is 836. The van der Waals surface area contributed by atoms with Crippen molar-refractivity contribution in [2.24, 2.45) is 0 Å². The van der Waals surface area contributed by atoms with Gasteiger partial charge in [0, 0.05) is 13.1 Å². The van der Waals surface area contributed by atoms with E-state index in [1.54, 1.807) is 24.3 Å². The molecule has 0 spiro atoms. The summed E-state index contributed by atoms with van der Waals surface area (Å²) in [6, 6.07) is 15.1. The third-order valence-corrected chi connectivity index (χ3v) is 4.64. The first-order chi connectivity index (χ1) is 13.5. The van der Waals surface area contributed by atoms with E-state index in [2.05, 4.69) is 10.6 Å². The number of urea groups is 1. The van der Waals surface area contributed by atoms with Crippen LogP contribution in [0.2, 0.25) is 0 Å². The zero-order valence-corrected chi connectivity index (χ0v) is 15.4. The summed E-state index contributed by atoms with van der Waals surface area (Å²) in [5, 5.41) is 14.6. The number of phenols is 1. The first kappa shape index (κ1) is 19.4. The Morgan fingerprint density at radius 3 is 2.39 bits per heavy atom. The van der Waals surface area contributed by atoms with E-state index in [9.17, 15) is 19.5 Å². The van der Waals surface area contributed by atoms with Crippen molar-refractivity contribution in [1.82, 2.24) is 15.5 Å². The van der Waals surface area contributed by atoms with E-state index in [1.165, 1.54) is 4.90 Å². The summed E-state index contributed by atoms with van der Waals surface area (Å²) >= 11 is 0. The third-order valence-electron chi connectivity index (χ3n) is 4.64. The Balaban J connectivity index is 1.43. The highest BCUT2D eigenvalue weighted by Crippen LogP contribution is 2.12. The molecule has 7 nitrogen and oxygen atoms in total. The zero-order chi connectivity index (χ0) is 19.9. The number of rotatable bonds is 8. The van der Waals surface area contributed by atoms with Crippen LogP contribution >= 0.6 is 0 Å². The lowest BCUT2D eigenvalue weighted by atomic mass is 10.1. The minimum atomic E-state index is -0.822. The lowest BCUT2D eigenvalue weighted by Crippen LogP contribution is -2.37. The van der Waals surface area contributed by atoms with Crippen molar-refractivity contribution in [2.75, 3.05) is 13.1 Å². The zero-order valence-electron chi connectivity index (χ0n) is 15.4. The molecular formula is C21H23N3O4. The van der Waals surface area contributed by atoms with Gasteiger partial charge in [-0.3, -0.25) is 14.5 Å². The molecule has 0 radical (unpaired) electrons. The van der Waals surface area contributed by atoms with Gasteiger partial charge in [0.2, 0.25) is 5.91 Å². The van der Waals surface area contributed by atoms with E-state index >= 15 is 0 Å². The average Bonchev–Trinajstić information content (AvgIpc) is 2.95. The molecule has 0 aliphatic carbocycles. The van der Waals surface area contributed by atoms with E-state index in [4.69, 9.17) is 0 Å². The predicted octanol–water partition coefficient (Wildman–Crippen LogP) is 1.60. The van der Waals surface area contributed by atoms with Gasteiger partial charge in [-0.25, -0.2) is 4.79 Å². The molecule has 7 heteroatoms. The fourth-order valence-corrected chi connectivity index (χ4v) is 3.08. The van der Waals surface area contributed by atoms with Crippen LogP contribution in [0.25, 0.3) is 0 Å². The Morgan fingerprint density at radius 2 is 1.68 bits per heavy atom. The molecule has 2 aromatic carbocycles. The molecule has 1 saturated heterocycles. The minimum Gasteiger partial charge on any atom is -0.508 e. The maximum Gasteiger partial charge on any atom is 0.324 e. The second-order valence-corrected chi connectivity index (χ2v) is 6.70. The number of carbonyl (C=O) groups excluding carboxylic acids is 3. The minimum absolute atomic E-state index is 0.0814. The van der Waals surface area contributed by atoms with Gasteiger partial charge in [0.15, 0.2) is 0 Å². The largest absolute Gasteiger partial charge is 0.508 e. The molecule has 1 atom stereocenters. The van der Waals surface area contributed by atoms with Gasteiger partial charge in [0.1, 0.15) is 11.8 Å². The van der Waals surface area contributed by atoms with Gasteiger partial charge in [0.05, 0.1) is 6.42 Å². The van der Waals surface area contributed by atoms with Crippen molar-refractivity contribution in [2.45, 2.75) is 25.3 Å². The molecule has 1 fully saturated rings. The lowest BCUT2D eigenvalue weighted by molar-refractivity contribution is -0.130. The number of hydrogen-bond acceptors (Lipinski definition) is 4. The summed E-state index contributed by atoms with van der Waals surface area (Å²) in [6.07, 6.45) is 1.10. The summed E-state index contributed by atoms with van der Waals surface area (Å²) in [4.78, 5) is 37.8. The molecule has 28 heavy (non-hydrogen) atoms. The molecule has 2 aromatic rings. The normalized spacial score (nSPS) is 16.1. The van der Waals surface area contributed by atoms with Gasteiger partial charge in [0.25, 0.3) is 5.91 Å². The fourth-order valence-electron chi connectivity index (χ4n) is 3.08. The number of carbonyl (C=O) groups is 3. The molecule has 0 unspecified atom stereocenters. The van der Waals surface area contributed by atoms with E-state index in [0.717, 1.165) is 11.1 Å². The summed E-state index contributed by atoms with van der Waals surface area (Å²) in [5.74, 6) is -0.461. The van der Waals surface area contributed by atoms with Crippen molar-refractivity contribution in [3.63, 3.8) is 0 Å². The molecule has 1 aliphatic rings. The van der Waals surface area contributed by atoms with Crippen LogP contribution in [0.5, 0.6) is 5.75 Å². The first-order valence-electron chi connectivity index (χ1n) is 9.23. The highest BCUT2D eigenvalue weighted by atomic mass is 16.3. The maximum absolute atomic E-state index is 12.4. The van der Waals surface area contributed by atoms with E-state index in [0.29, 0.717) is 19.4 Å². The fraction of sp³-hybridized carbons (Fsp3) is 0.286. The van der Waals surface area contributed by atoms with E-state index < -0.39 is 12.1 Å². The van der Waals surface area contributed by atoms with Crippen LogP contribution in [0.1, 0.15) is 17.5 Å². The van der Waals surface area contributed by atoms with Crippen molar-refractivity contribution in [3.8, 4) is 5.75 Å². The molecule has 0 aromatic heterocycles. The third kappa shape index (κ3) is 5.09. The predicted molar refractivity (Wildman–Crippen MR) is 104 cm³/mol. The Kier molecular flexibility index (Phi) is 6.26. The number of imide groups is 1. The molecule has 3 rings (SSSR count). The van der Waals surface area contributed by atoms with Gasteiger partial charge in [-0.15, -0.1) is 0 Å². The van der Waals surface area contributed by atoms with Gasteiger partial charge < -0.3 is 15.7 Å². The number of hydrogen-bond donors (Lipinski definition) is 3. The maximum atomic E-state index is 12.4. The second-order valence-electron chi connectivity index (χ2n) is 6.70. The quantitative estimate of drug-likeness (QED) is 0.605. The first-order valence-corrected chi connectivity index (χ1v) is 9.23. The van der Waals surface area contributed by atoms with Crippen LogP contribution in [0.15, 0.2) is 54.6 Å². The summed E-state index contributed by atoms with van der Waals surface area (Å²) in [7, 11) is 0. The van der Waals surface area contributed by atoms with Crippen molar-refractivity contribution in [1.29, 1.82) is 0 Å². The van der Waals surface area contributed by atoms with Gasteiger partial charge in [-0.2, -0.15) is 0 Å². The van der Waals surface area contributed by atoms with Crippen LogP contribution in [0, 0.1) is 0 Å². The van der Waals surface area contributed by atoms with E-state index in [-0.39, 0.29) is 30.5 Å². The lowest BCUT2D eigenvalue weighted by Gasteiger charge is -2.13. The van der Waals surface area contributed by atoms with Crippen LogP contribution in [0.3, 0.4) is 0 Å². The molecule has 0 saturated carbocycles. The molecule has 1 heterocycles. The van der Waals surface area contributed by atoms with Crippen molar-refractivity contribution in [3.05, 3.63) is 65.7 Å². The second kappa shape index (κ2) is 9.03. The number of nitrogens with zero attached hydrogens (tertiary/aromatic N) is 1. The molecule has 146 valence electrons. The highest BCUT2D eigenvalue weighted by molar-refractivity contribution is 6.05. The summed E-state index contributed by atoms with van der Waals surface area (Å²) < 4.78 is 0. The van der Waals surface area contributed by atoms with Crippen LogP contribution in [0.4, 0.5) is 4.79 Å². The monoisotopic (exact) mass is 381 g/mol. The summed E-state index contributed by atoms with van der Waals surface area (Å²) in [6.45, 7) is 0.698. The Labute approximate surface area is 163 Å². The number of aromatic hydroxyl groups is 1. The molecular weight excluding hydrogens is 358 g/mol. The molecule has 4 amide bonds. The Hall–Kier alpha value is -3.35. The number of nitrogens with one attached hydrogen (secondary N) is 2. The van der Waals surface area contributed by atoms with Gasteiger partial charge in [-0.05, 0) is 36.1 Å². The summed E-state index contributed by atoms with van der Waals surface area (Å²) in [5.41, 5.74) is 2.02. The number of benzene rings is 2. The Morgan fingerprint density at radius 1 is 1.00 bits per heavy atom. The molecule has 3 N–H and O–H groups in total. The van der Waals surface area contributed by atoms with Crippen LogP contribution in [-0.4, -0.2) is 47.0 Å². The van der Waals surface area contributed by atoms with Gasteiger partial charge >= 0.3 is 6.03 Å². The highest BCUT2D eigenvalue weighted by Gasteiger charge is 2.38. The van der Waals surface area contributed by atoms with Crippen LogP contribution < -0.4 is 10.6 Å². The average molecular weight is 381 g/mol. The van der Waals surface area contributed by atoms with E-state index in [1.807, 2.05) is 30.3 Å². The number of phenolic OH excluding ortho intramolecular Hbond substituents is 1. The van der Waals surface area contributed by atoms with Crippen molar-refractivity contribution >= 4 is 17.8 Å². The standard InChI is InChI=1S/C21H23N3O4/c25-17-8-6-16(7-9-17)10-12-22-19(26)14-18-20(27)24(21(28)23-18)13-11-15-4-2-1-3-5-15/h1-9,18,25H,10-14H2,(H,22,26)(H,23,28)/t18-/m0/s1. The SMILES string of the molecule is O=C(C[C@@H]1NC(=O)N(CCc2ccccc2)C1=O)NCCc1ccc(O)cc1. The number of amides is 4. The van der Waals surface area contributed by atoms with Gasteiger partial charge in [-0.1, -0.05) is 42.5 Å². The van der Waals surface area contributed by atoms with Crippen LogP contribution in [-0.2, 0) is 22.4 Å². The molecule has 0 bridgehead atoms. The topological polar surface area (TPSA) is 98.7 Å². The molecule has 1 aliphatic heterocycles. The smallest absolute Gasteiger partial charge is 0.324 e. The van der Waals surface area contributed by atoms with Crippen molar-refractivity contribution < 1.29 is 19.5 Å².